The van der Waals surface area contributed by atoms with Crippen molar-refractivity contribution in [2.24, 2.45) is 17.3 Å². The number of aromatic amines is 1. The van der Waals surface area contributed by atoms with E-state index < -0.39 is 18.3 Å². The Hall–Kier alpha value is -3.51. The number of rotatable bonds is 13. The van der Waals surface area contributed by atoms with E-state index in [9.17, 15) is 20.4 Å². The molecule has 7 N–H and O–H groups in total. The number of phenols is 1. The number of benzene rings is 1. The Kier molecular flexibility index (Phi) is 11.1. The average Bonchev–Trinajstić information content (AvgIpc) is 3.49. The lowest BCUT2D eigenvalue weighted by Crippen LogP contribution is -2.37. The van der Waals surface area contributed by atoms with Crippen molar-refractivity contribution in [3.8, 4) is 23.3 Å². The van der Waals surface area contributed by atoms with Crippen LogP contribution in [0.5, 0.6) is 11.5 Å². The van der Waals surface area contributed by atoms with Gasteiger partial charge in [-0.1, -0.05) is 25.3 Å². The zero-order chi connectivity index (χ0) is 31.8. The number of phenolic OH excluding ortho intramolecular Hbond substituents is 1. The van der Waals surface area contributed by atoms with Gasteiger partial charge in [0, 0.05) is 35.8 Å². The first-order valence-electron chi connectivity index (χ1n) is 16.6. The van der Waals surface area contributed by atoms with Crippen LogP contribution in [0.2, 0.25) is 0 Å². The second-order valence-corrected chi connectivity index (χ2v) is 13.2. The van der Waals surface area contributed by atoms with Gasteiger partial charge >= 0.3 is 0 Å². The molecule has 45 heavy (non-hydrogen) atoms. The maximum absolute atomic E-state index is 11.4. The number of pyridine rings is 1. The predicted molar refractivity (Wildman–Crippen MR) is 176 cm³/mol. The fraction of sp³-hybridized carbons (Fsp3) is 0.541. The smallest absolute Gasteiger partial charge is 0.161 e. The van der Waals surface area contributed by atoms with E-state index in [4.69, 9.17) is 10.5 Å². The first-order valence-corrected chi connectivity index (χ1v) is 16.6. The lowest BCUT2D eigenvalue weighted by Gasteiger charge is -2.31. The van der Waals surface area contributed by atoms with Crippen LogP contribution in [-0.4, -0.2) is 55.3 Å². The molecular weight excluding hydrogens is 566 g/mol. The summed E-state index contributed by atoms with van der Waals surface area (Å²) >= 11 is 0. The minimum absolute atomic E-state index is 0.00880. The number of hydrogen-bond acceptors (Lipinski definition) is 7. The summed E-state index contributed by atoms with van der Waals surface area (Å²) in [5, 5.41) is 43.7. The predicted octanol–water partition coefficient (Wildman–Crippen LogP) is 5.51. The van der Waals surface area contributed by atoms with E-state index in [0.29, 0.717) is 43.7 Å². The van der Waals surface area contributed by atoms with E-state index in [2.05, 4.69) is 28.7 Å². The molecule has 0 radical (unpaired) electrons. The number of H-pyrrole nitrogens is 1. The summed E-state index contributed by atoms with van der Waals surface area (Å²) in [5.41, 5.74) is 8.98. The van der Waals surface area contributed by atoms with Crippen LogP contribution in [-0.2, 0) is 12.8 Å². The highest BCUT2D eigenvalue weighted by molar-refractivity contribution is 5.42. The highest BCUT2D eigenvalue weighted by Crippen LogP contribution is 2.43. The van der Waals surface area contributed by atoms with Crippen LogP contribution in [0.4, 0.5) is 5.82 Å². The Labute approximate surface area is 267 Å². The number of nitrogen functional groups attached to an aromatic ring is 1. The Balaban J connectivity index is 1.25. The number of aryl methyl sites for hydroxylation is 1. The maximum atomic E-state index is 11.4. The third kappa shape index (κ3) is 8.40. The number of aliphatic hydroxyl groups is 3. The van der Waals surface area contributed by atoms with Gasteiger partial charge in [0.1, 0.15) is 11.9 Å². The molecule has 5 rings (SSSR count). The highest BCUT2D eigenvalue weighted by Gasteiger charge is 2.38. The Bertz CT molecular complexity index is 1430. The summed E-state index contributed by atoms with van der Waals surface area (Å²) in [4.78, 5) is 7.37. The van der Waals surface area contributed by atoms with E-state index in [0.717, 1.165) is 55.3 Å². The third-order valence-corrected chi connectivity index (χ3v) is 10.2. The van der Waals surface area contributed by atoms with Gasteiger partial charge < -0.3 is 35.9 Å². The summed E-state index contributed by atoms with van der Waals surface area (Å²) in [6, 6.07) is 13.0. The molecule has 1 saturated carbocycles. The molecule has 1 aromatic carbocycles. The van der Waals surface area contributed by atoms with Gasteiger partial charge in [0.15, 0.2) is 11.5 Å². The lowest BCUT2D eigenvalue weighted by atomic mass is 9.78. The molecule has 2 bridgehead atoms. The summed E-state index contributed by atoms with van der Waals surface area (Å²) in [7, 11) is 0. The van der Waals surface area contributed by atoms with Crippen molar-refractivity contribution in [1.82, 2.24) is 9.97 Å². The lowest BCUT2D eigenvalue weighted by molar-refractivity contribution is -0.0231. The van der Waals surface area contributed by atoms with Gasteiger partial charge in [0.2, 0.25) is 0 Å². The Morgan fingerprint density at radius 3 is 2.80 bits per heavy atom. The van der Waals surface area contributed by atoms with Crippen molar-refractivity contribution in [3.05, 3.63) is 71.7 Å². The third-order valence-electron chi connectivity index (χ3n) is 10.2. The Morgan fingerprint density at radius 1 is 1.18 bits per heavy atom. The number of nitrogens with zero attached hydrogens (tertiary/aromatic N) is 1. The van der Waals surface area contributed by atoms with E-state index in [1.807, 2.05) is 36.5 Å². The highest BCUT2D eigenvalue weighted by atomic mass is 16.5. The van der Waals surface area contributed by atoms with Gasteiger partial charge in [0.05, 0.1) is 18.8 Å². The van der Waals surface area contributed by atoms with Crippen molar-refractivity contribution < 1.29 is 25.2 Å². The van der Waals surface area contributed by atoms with Crippen LogP contribution in [0.3, 0.4) is 0 Å². The fourth-order valence-electron chi connectivity index (χ4n) is 7.34. The molecule has 0 aliphatic heterocycles. The number of aromatic nitrogens is 2. The van der Waals surface area contributed by atoms with Gasteiger partial charge in [-0.05, 0) is 117 Å². The van der Waals surface area contributed by atoms with Crippen molar-refractivity contribution in [2.45, 2.75) is 102 Å². The zero-order valence-corrected chi connectivity index (χ0v) is 26.4. The molecule has 0 amide bonds. The normalized spacial score (nSPS) is 25.1. The van der Waals surface area contributed by atoms with Gasteiger partial charge in [-0.3, -0.25) is 0 Å². The van der Waals surface area contributed by atoms with Crippen LogP contribution >= 0.6 is 0 Å². The van der Waals surface area contributed by atoms with Crippen LogP contribution in [0.15, 0.2) is 54.9 Å². The molecule has 2 aliphatic carbocycles. The molecule has 7 atom stereocenters. The van der Waals surface area contributed by atoms with E-state index in [-0.39, 0.29) is 35.5 Å². The largest absolute Gasteiger partial charge is 0.504 e. The molecule has 2 heterocycles. The number of fused-ring (bicyclic) bond motifs is 3. The minimum atomic E-state index is -0.699. The SMILES string of the molecule is CC[C@]12C#CC[C@@H]([C@H](O)CCc3ccc(O)c(O[C@H](CO)C[C@H](Cc4ccc[nH]4)c4ccnc(N)c4)c3)[C@@H](O)[C@H](CCC1)CC2. The van der Waals surface area contributed by atoms with Crippen LogP contribution < -0.4 is 10.5 Å². The molecular formula is C37H49N3O5. The minimum Gasteiger partial charge on any atom is -0.504 e. The number of aromatic hydroxyl groups is 1. The topological polar surface area (TPSA) is 145 Å². The summed E-state index contributed by atoms with van der Waals surface area (Å²) in [6.07, 6.45) is 10.6. The van der Waals surface area contributed by atoms with E-state index in [1.54, 1.807) is 18.3 Å². The number of hydrogen-bond donors (Lipinski definition) is 6. The maximum Gasteiger partial charge on any atom is 0.161 e. The number of aliphatic hydroxyl groups excluding tert-OH is 3. The van der Waals surface area contributed by atoms with Gasteiger partial charge in [0.25, 0.3) is 0 Å². The molecule has 0 spiro atoms. The van der Waals surface area contributed by atoms with Crippen LogP contribution in [0.25, 0.3) is 0 Å². The monoisotopic (exact) mass is 615 g/mol. The van der Waals surface area contributed by atoms with Crippen molar-refractivity contribution in [2.75, 3.05) is 12.3 Å². The number of nitrogens with two attached hydrogens (primary N) is 1. The fourth-order valence-corrected chi connectivity index (χ4v) is 7.34. The van der Waals surface area contributed by atoms with Crippen LogP contribution in [0.1, 0.15) is 87.4 Å². The summed E-state index contributed by atoms with van der Waals surface area (Å²) < 4.78 is 6.21. The quantitative estimate of drug-likeness (QED) is 0.139. The number of anilines is 1. The number of nitrogens with one attached hydrogen (secondary N) is 1. The average molecular weight is 616 g/mol. The molecule has 2 aliphatic rings. The van der Waals surface area contributed by atoms with Crippen LogP contribution in [0, 0.1) is 29.1 Å². The Morgan fingerprint density at radius 2 is 2.04 bits per heavy atom. The molecule has 0 saturated heterocycles. The first kappa shape index (κ1) is 32.9. The second-order valence-electron chi connectivity index (χ2n) is 13.2. The van der Waals surface area contributed by atoms with Crippen molar-refractivity contribution >= 4 is 5.82 Å². The molecule has 2 aromatic heterocycles. The zero-order valence-electron chi connectivity index (χ0n) is 26.4. The van der Waals surface area contributed by atoms with E-state index >= 15 is 0 Å². The van der Waals surface area contributed by atoms with E-state index in [1.165, 1.54) is 0 Å². The summed E-state index contributed by atoms with van der Waals surface area (Å²) in [6.45, 7) is 1.98. The molecule has 8 heteroatoms. The van der Waals surface area contributed by atoms with Gasteiger partial charge in [-0.2, -0.15) is 0 Å². The van der Waals surface area contributed by atoms with Gasteiger partial charge in [-0.25, -0.2) is 4.98 Å². The number of ether oxygens (including phenoxy) is 1. The van der Waals surface area contributed by atoms with Crippen molar-refractivity contribution in [3.63, 3.8) is 0 Å². The molecule has 1 fully saturated rings. The second kappa shape index (κ2) is 15.2. The van der Waals surface area contributed by atoms with Gasteiger partial charge in [-0.15, -0.1) is 5.92 Å². The molecule has 3 aromatic rings. The standard InChI is InChI=1S/C37H49N3O5/c1-2-37-15-3-6-26(13-17-37)36(44)31(8-4-16-37)32(42)11-9-25-10-12-33(43)34(20-25)45-30(24-41)22-28(21-29-7-5-18-39-29)27-14-19-40-35(38)23-27/h5,7,10,12,14,18-20,23,26,28,30-32,36,39,41-44H,2-3,6,8-9,11,13,15,17,21-22,24H2,1H3,(H2,38,40)/t26-,28+,30+,31+,32-,36+,37-/m1/s1. The molecule has 0 unspecified atom stereocenters. The van der Waals surface area contributed by atoms with Crippen molar-refractivity contribution in [1.29, 1.82) is 0 Å². The first-order chi connectivity index (χ1) is 21.8. The summed E-state index contributed by atoms with van der Waals surface area (Å²) in [5.74, 6) is 7.52. The molecule has 242 valence electrons. The molecule has 8 nitrogen and oxygen atoms in total.